The Kier molecular flexibility index (Phi) is 4.68. The summed E-state index contributed by atoms with van der Waals surface area (Å²) in [6.45, 7) is 0.340. The summed E-state index contributed by atoms with van der Waals surface area (Å²) in [4.78, 5) is 27.2. The van der Waals surface area contributed by atoms with Crippen LogP contribution in [0.15, 0.2) is 48.5 Å². The van der Waals surface area contributed by atoms with E-state index in [9.17, 15) is 14.0 Å². The summed E-state index contributed by atoms with van der Waals surface area (Å²) >= 11 is 0. The SMILES string of the molecule is O=C(COC(=O)C1(c2cccc(F)c2)CCC1)N1CCCc2ccccc21. The van der Waals surface area contributed by atoms with E-state index in [1.807, 2.05) is 24.3 Å². The molecule has 4 rings (SSSR count). The molecule has 0 spiro atoms. The molecular weight excluding hydrogens is 345 g/mol. The number of carbonyl (C=O) groups excluding carboxylic acids is 2. The lowest BCUT2D eigenvalue weighted by atomic mass is 9.64. The zero-order chi connectivity index (χ0) is 18.9. The van der Waals surface area contributed by atoms with Crippen molar-refractivity contribution < 1.29 is 18.7 Å². The highest BCUT2D eigenvalue weighted by molar-refractivity contribution is 5.97. The number of anilines is 1. The smallest absolute Gasteiger partial charge is 0.317 e. The number of amides is 1. The van der Waals surface area contributed by atoms with E-state index in [1.165, 1.54) is 12.1 Å². The van der Waals surface area contributed by atoms with E-state index in [1.54, 1.807) is 17.0 Å². The number of carbonyl (C=O) groups is 2. The molecule has 1 amide bonds. The number of hydrogen-bond acceptors (Lipinski definition) is 3. The van der Waals surface area contributed by atoms with Gasteiger partial charge in [-0.1, -0.05) is 36.8 Å². The van der Waals surface area contributed by atoms with Gasteiger partial charge in [0.1, 0.15) is 5.82 Å². The van der Waals surface area contributed by atoms with E-state index in [4.69, 9.17) is 4.74 Å². The van der Waals surface area contributed by atoms with Gasteiger partial charge in [-0.15, -0.1) is 0 Å². The maximum atomic E-state index is 13.6. The van der Waals surface area contributed by atoms with E-state index >= 15 is 0 Å². The van der Waals surface area contributed by atoms with E-state index < -0.39 is 11.4 Å². The van der Waals surface area contributed by atoms with Crippen molar-refractivity contribution >= 4 is 17.6 Å². The molecule has 0 unspecified atom stereocenters. The number of nitrogens with zero attached hydrogens (tertiary/aromatic N) is 1. The van der Waals surface area contributed by atoms with Crippen LogP contribution in [0.4, 0.5) is 10.1 Å². The third-order valence-corrected chi connectivity index (χ3v) is 5.71. The Balaban J connectivity index is 1.46. The number of benzene rings is 2. The number of aryl methyl sites for hydroxylation is 1. The van der Waals surface area contributed by atoms with Crippen molar-refractivity contribution in [2.75, 3.05) is 18.1 Å². The molecule has 1 saturated carbocycles. The average molecular weight is 367 g/mol. The van der Waals surface area contributed by atoms with Gasteiger partial charge >= 0.3 is 5.97 Å². The van der Waals surface area contributed by atoms with Crippen molar-refractivity contribution in [2.45, 2.75) is 37.5 Å². The minimum Gasteiger partial charge on any atom is -0.455 e. The standard InChI is InChI=1S/C22H22FNO3/c23-18-9-3-8-17(14-18)22(11-5-12-22)21(26)27-15-20(25)24-13-4-7-16-6-1-2-10-19(16)24/h1-3,6,8-10,14H,4-5,7,11-13,15H2. The van der Waals surface area contributed by atoms with Gasteiger partial charge in [-0.25, -0.2) is 4.39 Å². The van der Waals surface area contributed by atoms with Crippen molar-refractivity contribution in [1.29, 1.82) is 0 Å². The molecule has 0 radical (unpaired) electrons. The first kappa shape index (κ1) is 17.7. The second-order valence-electron chi connectivity index (χ2n) is 7.30. The Labute approximate surface area is 157 Å². The molecule has 0 saturated heterocycles. The van der Waals surface area contributed by atoms with Gasteiger partial charge in [-0.05, 0) is 55.0 Å². The summed E-state index contributed by atoms with van der Waals surface area (Å²) < 4.78 is 19.0. The lowest BCUT2D eigenvalue weighted by molar-refractivity contribution is -0.157. The minimum atomic E-state index is -0.817. The summed E-state index contributed by atoms with van der Waals surface area (Å²) in [5.74, 6) is -1.02. The Morgan fingerprint density at radius 3 is 2.63 bits per heavy atom. The molecule has 1 aliphatic carbocycles. The summed E-state index contributed by atoms with van der Waals surface area (Å²) in [6.07, 6.45) is 3.97. The highest BCUT2D eigenvalue weighted by Crippen LogP contribution is 2.45. The van der Waals surface area contributed by atoms with Gasteiger partial charge in [-0.3, -0.25) is 9.59 Å². The lowest BCUT2D eigenvalue weighted by Gasteiger charge is -2.39. The highest BCUT2D eigenvalue weighted by Gasteiger charge is 2.47. The molecule has 4 nitrogen and oxygen atoms in total. The molecule has 0 aromatic heterocycles. The Hall–Kier alpha value is -2.69. The van der Waals surface area contributed by atoms with Gasteiger partial charge in [-0.2, -0.15) is 0 Å². The summed E-state index contributed by atoms with van der Waals surface area (Å²) in [5, 5.41) is 0. The normalized spacial score (nSPS) is 17.6. The van der Waals surface area contributed by atoms with Crippen molar-refractivity contribution in [3.63, 3.8) is 0 Å². The zero-order valence-corrected chi connectivity index (χ0v) is 15.1. The number of esters is 1. The third-order valence-electron chi connectivity index (χ3n) is 5.71. The predicted molar refractivity (Wildman–Crippen MR) is 100 cm³/mol. The molecule has 0 bridgehead atoms. The maximum Gasteiger partial charge on any atom is 0.317 e. The number of rotatable bonds is 4. The average Bonchev–Trinajstić information content (AvgIpc) is 2.65. The molecule has 1 fully saturated rings. The third kappa shape index (κ3) is 3.22. The first-order valence-corrected chi connectivity index (χ1v) is 9.42. The molecule has 2 aromatic carbocycles. The van der Waals surface area contributed by atoms with Crippen LogP contribution >= 0.6 is 0 Å². The lowest BCUT2D eigenvalue weighted by Crippen LogP contribution is -2.45. The van der Waals surface area contributed by atoms with Crippen LogP contribution in [0.3, 0.4) is 0 Å². The van der Waals surface area contributed by atoms with Gasteiger partial charge in [0, 0.05) is 12.2 Å². The molecule has 0 N–H and O–H groups in total. The molecule has 1 aliphatic heterocycles. The van der Waals surface area contributed by atoms with Crippen LogP contribution in [0.1, 0.15) is 36.8 Å². The first-order valence-electron chi connectivity index (χ1n) is 9.42. The second kappa shape index (κ2) is 7.14. The minimum absolute atomic E-state index is 0.218. The van der Waals surface area contributed by atoms with Gasteiger partial charge in [0.15, 0.2) is 6.61 Å². The molecule has 5 heteroatoms. The number of para-hydroxylation sites is 1. The molecule has 2 aromatic rings. The van der Waals surface area contributed by atoms with Crippen LogP contribution < -0.4 is 4.90 Å². The molecule has 1 heterocycles. The van der Waals surface area contributed by atoms with Gasteiger partial charge < -0.3 is 9.64 Å². The molecule has 2 aliphatic rings. The predicted octanol–water partition coefficient (Wildman–Crippen LogP) is 3.77. The maximum absolute atomic E-state index is 13.6. The van der Waals surface area contributed by atoms with Crippen LogP contribution in [0.5, 0.6) is 0 Å². The molecule has 0 atom stereocenters. The Bertz CT molecular complexity index is 875. The highest BCUT2D eigenvalue weighted by atomic mass is 19.1. The summed E-state index contributed by atoms with van der Waals surface area (Å²) in [5.41, 5.74) is 1.85. The Morgan fingerprint density at radius 1 is 1.07 bits per heavy atom. The van der Waals surface area contributed by atoms with Gasteiger partial charge in [0.05, 0.1) is 5.41 Å². The van der Waals surface area contributed by atoms with Crippen molar-refractivity contribution in [2.24, 2.45) is 0 Å². The van der Waals surface area contributed by atoms with Crippen molar-refractivity contribution in [3.8, 4) is 0 Å². The molecular formula is C22H22FNO3. The van der Waals surface area contributed by atoms with Crippen LogP contribution in [0.25, 0.3) is 0 Å². The number of halogens is 1. The summed E-state index contributed by atoms with van der Waals surface area (Å²) in [7, 11) is 0. The number of fused-ring (bicyclic) bond motifs is 1. The second-order valence-corrected chi connectivity index (χ2v) is 7.30. The van der Waals surface area contributed by atoms with E-state index in [0.717, 1.165) is 30.5 Å². The molecule has 27 heavy (non-hydrogen) atoms. The van der Waals surface area contributed by atoms with Crippen molar-refractivity contribution in [1.82, 2.24) is 0 Å². The van der Waals surface area contributed by atoms with E-state index in [2.05, 4.69) is 0 Å². The first-order chi connectivity index (χ1) is 13.1. The van der Waals surface area contributed by atoms with Gasteiger partial charge in [0.2, 0.25) is 0 Å². The van der Waals surface area contributed by atoms with Crippen LogP contribution in [-0.4, -0.2) is 25.0 Å². The fraction of sp³-hybridized carbons (Fsp3) is 0.364. The fourth-order valence-electron chi connectivity index (χ4n) is 4.06. The van der Waals surface area contributed by atoms with Crippen LogP contribution in [0.2, 0.25) is 0 Å². The van der Waals surface area contributed by atoms with Crippen LogP contribution in [-0.2, 0) is 26.2 Å². The van der Waals surface area contributed by atoms with E-state index in [0.29, 0.717) is 24.9 Å². The zero-order valence-electron chi connectivity index (χ0n) is 15.1. The molecule has 140 valence electrons. The van der Waals surface area contributed by atoms with Crippen LogP contribution in [0, 0.1) is 5.82 Å². The van der Waals surface area contributed by atoms with E-state index in [-0.39, 0.29) is 18.3 Å². The quantitative estimate of drug-likeness (QED) is 0.773. The number of hydrogen-bond donors (Lipinski definition) is 0. The largest absolute Gasteiger partial charge is 0.455 e. The fourth-order valence-corrected chi connectivity index (χ4v) is 4.06. The number of ether oxygens (including phenoxy) is 1. The van der Waals surface area contributed by atoms with Crippen molar-refractivity contribution in [3.05, 3.63) is 65.5 Å². The summed E-state index contributed by atoms with van der Waals surface area (Å²) in [6, 6.07) is 13.9. The van der Waals surface area contributed by atoms with Gasteiger partial charge in [0.25, 0.3) is 5.91 Å². The monoisotopic (exact) mass is 367 g/mol. The Morgan fingerprint density at radius 2 is 1.89 bits per heavy atom. The topological polar surface area (TPSA) is 46.6 Å².